The van der Waals surface area contributed by atoms with Gasteiger partial charge in [-0.2, -0.15) is 0 Å². The number of hydrogen-bond donors (Lipinski definition) is 1. The number of nitrogens with zero attached hydrogens (tertiary/aromatic N) is 4. The van der Waals surface area contributed by atoms with E-state index < -0.39 is 6.10 Å². The summed E-state index contributed by atoms with van der Waals surface area (Å²) in [6.45, 7) is 10.7. The summed E-state index contributed by atoms with van der Waals surface area (Å²) in [4.78, 5) is 4.75. The van der Waals surface area contributed by atoms with Gasteiger partial charge in [0.2, 0.25) is 11.8 Å². The highest BCUT2D eigenvalue weighted by Crippen LogP contribution is 2.26. The largest absolute Gasteiger partial charge is 0.491 e. The maximum absolute atomic E-state index is 10.5. The molecule has 31 heavy (non-hydrogen) atoms. The normalized spacial score (nSPS) is 15.8. The van der Waals surface area contributed by atoms with E-state index in [1.807, 2.05) is 24.3 Å². The molecule has 0 saturated carbocycles. The van der Waals surface area contributed by atoms with E-state index in [2.05, 4.69) is 52.0 Å². The molecule has 1 saturated heterocycles. The number of aromatic nitrogens is 2. The van der Waals surface area contributed by atoms with Crippen molar-refractivity contribution >= 4 is 5.69 Å². The number of aliphatic hydroxyl groups is 1. The van der Waals surface area contributed by atoms with Gasteiger partial charge in [-0.3, -0.25) is 4.90 Å². The van der Waals surface area contributed by atoms with Crippen molar-refractivity contribution in [1.29, 1.82) is 0 Å². The standard InChI is InChI=1S/C24H30N4O3/c1-17-6-4-7-18(2)23(17)28-12-10-27(11-13-28)15-21(29)16-30-22-9-5-8-20(14-22)24-26-25-19(3)31-24/h4-9,14,21,29H,10-13,15-16H2,1-3H3. The third-order valence-electron chi connectivity index (χ3n) is 5.65. The van der Waals surface area contributed by atoms with Crippen LogP contribution in [-0.2, 0) is 0 Å². The van der Waals surface area contributed by atoms with Crippen LogP contribution in [0.5, 0.6) is 5.75 Å². The van der Waals surface area contributed by atoms with Crippen molar-refractivity contribution < 1.29 is 14.3 Å². The Bertz CT molecular complexity index is 991. The predicted octanol–water partition coefficient (Wildman–Crippen LogP) is 3.22. The van der Waals surface area contributed by atoms with Crippen LogP contribution in [0.4, 0.5) is 5.69 Å². The van der Waals surface area contributed by atoms with Gasteiger partial charge in [-0.25, -0.2) is 0 Å². The third kappa shape index (κ3) is 5.24. The number of β-amino-alcohol motifs (C(OH)–C–C–N with tert-alkyl or cyclic N) is 1. The first-order valence-corrected chi connectivity index (χ1v) is 10.7. The lowest BCUT2D eigenvalue weighted by Gasteiger charge is -2.38. The predicted molar refractivity (Wildman–Crippen MR) is 121 cm³/mol. The van der Waals surface area contributed by atoms with E-state index in [9.17, 15) is 5.11 Å². The minimum absolute atomic E-state index is 0.240. The second-order valence-corrected chi connectivity index (χ2v) is 8.15. The zero-order valence-electron chi connectivity index (χ0n) is 18.4. The van der Waals surface area contributed by atoms with Crippen molar-refractivity contribution in [2.24, 2.45) is 0 Å². The van der Waals surface area contributed by atoms with E-state index >= 15 is 0 Å². The van der Waals surface area contributed by atoms with Gasteiger partial charge < -0.3 is 19.2 Å². The Labute approximate surface area is 183 Å². The fourth-order valence-corrected chi connectivity index (χ4v) is 4.13. The van der Waals surface area contributed by atoms with Gasteiger partial charge in [0.1, 0.15) is 18.5 Å². The van der Waals surface area contributed by atoms with Gasteiger partial charge in [-0.15, -0.1) is 10.2 Å². The molecule has 7 nitrogen and oxygen atoms in total. The first kappa shape index (κ1) is 21.3. The minimum Gasteiger partial charge on any atom is -0.491 e. The molecule has 2 heterocycles. The Morgan fingerprint density at radius 3 is 2.39 bits per heavy atom. The average molecular weight is 423 g/mol. The number of benzene rings is 2. The van der Waals surface area contributed by atoms with Crippen LogP contribution >= 0.6 is 0 Å². The Morgan fingerprint density at radius 2 is 1.71 bits per heavy atom. The van der Waals surface area contributed by atoms with Crippen LogP contribution in [0.1, 0.15) is 17.0 Å². The van der Waals surface area contributed by atoms with E-state index in [1.54, 1.807) is 6.92 Å². The molecule has 0 bridgehead atoms. The van der Waals surface area contributed by atoms with Gasteiger partial charge in [-0.1, -0.05) is 24.3 Å². The first-order chi connectivity index (χ1) is 15.0. The van der Waals surface area contributed by atoms with Crippen LogP contribution in [-0.4, -0.2) is 65.6 Å². The third-order valence-corrected chi connectivity index (χ3v) is 5.65. The van der Waals surface area contributed by atoms with E-state index in [1.165, 1.54) is 16.8 Å². The molecule has 1 atom stereocenters. The van der Waals surface area contributed by atoms with E-state index in [-0.39, 0.29) is 6.61 Å². The second kappa shape index (κ2) is 9.49. The number of hydrogen-bond acceptors (Lipinski definition) is 7. The Kier molecular flexibility index (Phi) is 6.53. The van der Waals surface area contributed by atoms with Crippen molar-refractivity contribution in [2.45, 2.75) is 26.9 Å². The number of para-hydroxylation sites is 1. The number of piperazine rings is 1. The van der Waals surface area contributed by atoms with Gasteiger partial charge in [0, 0.05) is 50.9 Å². The van der Waals surface area contributed by atoms with Gasteiger partial charge in [0.15, 0.2) is 0 Å². The summed E-state index contributed by atoms with van der Waals surface area (Å²) in [7, 11) is 0. The van der Waals surface area contributed by atoms with Gasteiger partial charge in [0.05, 0.1) is 0 Å². The lowest BCUT2D eigenvalue weighted by molar-refractivity contribution is 0.0663. The monoisotopic (exact) mass is 422 g/mol. The number of ether oxygens (including phenoxy) is 1. The highest BCUT2D eigenvalue weighted by atomic mass is 16.5. The zero-order chi connectivity index (χ0) is 21.8. The van der Waals surface area contributed by atoms with Gasteiger partial charge in [0.25, 0.3) is 0 Å². The molecule has 1 aliphatic rings. The van der Waals surface area contributed by atoms with Crippen LogP contribution in [0.25, 0.3) is 11.5 Å². The highest BCUT2D eigenvalue weighted by Gasteiger charge is 2.21. The molecule has 0 spiro atoms. The summed E-state index contributed by atoms with van der Waals surface area (Å²) in [5.74, 6) is 1.66. The highest BCUT2D eigenvalue weighted by molar-refractivity contribution is 5.59. The number of aliphatic hydroxyl groups excluding tert-OH is 1. The molecule has 0 radical (unpaired) electrons. The summed E-state index contributed by atoms with van der Waals surface area (Å²) in [5.41, 5.74) is 4.79. The van der Waals surface area contributed by atoms with Crippen LogP contribution in [0.15, 0.2) is 46.9 Å². The zero-order valence-corrected chi connectivity index (χ0v) is 18.4. The minimum atomic E-state index is -0.555. The summed E-state index contributed by atoms with van der Waals surface area (Å²) in [6, 6.07) is 13.9. The van der Waals surface area contributed by atoms with Crippen molar-refractivity contribution in [3.05, 3.63) is 59.5 Å². The quantitative estimate of drug-likeness (QED) is 0.627. The SMILES string of the molecule is Cc1nnc(-c2cccc(OCC(O)CN3CCN(c4c(C)cccc4C)CC3)c2)o1. The van der Waals surface area contributed by atoms with Gasteiger partial charge >= 0.3 is 0 Å². The van der Waals surface area contributed by atoms with Crippen molar-refractivity contribution in [3.8, 4) is 17.2 Å². The Hall–Kier alpha value is -2.90. The summed E-state index contributed by atoms with van der Waals surface area (Å²) < 4.78 is 11.3. The molecule has 7 heteroatoms. The molecule has 164 valence electrons. The topological polar surface area (TPSA) is 74.9 Å². The second-order valence-electron chi connectivity index (χ2n) is 8.15. The summed E-state index contributed by atoms with van der Waals surface area (Å²) in [5, 5.41) is 18.4. The molecule has 0 amide bonds. The Balaban J connectivity index is 1.26. The molecule has 1 aromatic heterocycles. The lowest BCUT2D eigenvalue weighted by atomic mass is 10.1. The van der Waals surface area contributed by atoms with E-state index in [4.69, 9.17) is 9.15 Å². The lowest BCUT2D eigenvalue weighted by Crippen LogP contribution is -2.49. The van der Waals surface area contributed by atoms with Crippen LogP contribution in [0.2, 0.25) is 0 Å². The average Bonchev–Trinajstić information content (AvgIpc) is 3.20. The molecule has 0 aliphatic carbocycles. The van der Waals surface area contributed by atoms with Crippen molar-refractivity contribution in [3.63, 3.8) is 0 Å². The van der Waals surface area contributed by atoms with Gasteiger partial charge in [-0.05, 0) is 43.2 Å². The summed E-state index contributed by atoms with van der Waals surface area (Å²) in [6.07, 6.45) is -0.555. The molecule has 2 aromatic carbocycles. The molecule has 1 N–H and O–H groups in total. The van der Waals surface area contributed by atoms with Crippen LogP contribution < -0.4 is 9.64 Å². The van der Waals surface area contributed by atoms with E-state index in [0.717, 1.165) is 31.7 Å². The first-order valence-electron chi connectivity index (χ1n) is 10.7. The number of aryl methyl sites for hydroxylation is 3. The fraction of sp³-hybridized carbons (Fsp3) is 0.417. The van der Waals surface area contributed by atoms with E-state index in [0.29, 0.717) is 24.1 Å². The molecule has 1 fully saturated rings. The van der Waals surface area contributed by atoms with Crippen molar-refractivity contribution in [2.75, 3.05) is 44.2 Å². The number of anilines is 1. The molecule has 3 aromatic rings. The maximum Gasteiger partial charge on any atom is 0.247 e. The fourth-order valence-electron chi connectivity index (χ4n) is 4.13. The molecule has 1 aliphatic heterocycles. The summed E-state index contributed by atoms with van der Waals surface area (Å²) >= 11 is 0. The molecule has 1 unspecified atom stereocenters. The molecule has 4 rings (SSSR count). The molecular formula is C24H30N4O3. The Morgan fingerprint density at radius 1 is 1.00 bits per heavy atom. The maximum atomic E-state index is 10.5. The smallest absolute Gasteiger partial charge is 0.247 e. The van der Waals surface area contributed by atoms with Crippen molar-refractivity contribution in [1.82, 2.24) is 15.1 Å². The van der Waals surface area contributed by atoms with Crippen LogP contribution in [0, 0.1) is 20.8 Å². The number of rotatable bonds is 7. The van der Waals surface area contributed by atoms with Crippen LogP contribution in [0.3, 0.4) is 0 Å². The molecular weight excluding hydrogens is 392 g/mol.